The van der Waals surface area contributed by atoms with Crippen molar-refractivity contribution in [2.45, 2.75) is 130 Å². The predicted octanol–water partition coefficient (Wildman–Crippen LogP) is 8.17. The van der Waals surface area contributed by atoms with Gasteiger partial charge in [-0.25, -0.2) is 0 Å². The van der Waals surface area contributed by atoms with Crippen molar-refractivity contribution in [1.82, 2.24) is 4.90 Å². The quantitative estimate of drug-likeness (QED) is 0.335. The van der Waals surface area contributed by atoms with Gasteiger partial charge in [0.15, 0.2) is 5.79 Å². The van der Waals surface area contributed by atoms with Gasteiger partial charge in [-0.2, -0.15) is 0 Å². The third-order valence-electron chi connectivity index (χ3n) is 12.7. The topological polar surface area (TPSA) is 21.7 Å². The van der Waals surface area contributed by atoms with Gasteiger partial charge >= 0.3 is 0 Å². The highest BCUT2D eigenvalue weighted by Gasteiger charge is 2.62. The minimum absolute atomic E-state index is 0.263. The lowest BCUT2D eigenvalue weighted by atomic mass is 9.44. The highest BCUT2D eigenvalue weighted by Crippen LogP contribution is 2.69. The number of hydrogen-bond acceptors (Lipinski definition) is 3. The van der Waals surface area contributed by atoms with Gasteiger partial charge in [-0.15, -0.1) is 0 Å². The van der Waals surface area contributed by atoms with Gasteiger partial charge in [0.25, 0.3) is 0 Å². The Morgan fingerprint density at radius 2 is 1.64 bits per heavy atom. The standard InChI is InChI=1S/C33H59NO2/c1-23(2)9-8-10-24(3)28-13-14-29-27-12-11-25-21-33(35-22-26(36-33)16-20-34(6)7)19-18-31(25,4)30(27)15-17-32(28,29)5/h23-30H,8-22H2,1-7H3/t24-,25+,26?,27+,28-,29+,30+,31+,32-,33?/m1/s1. The molecule has 0 aromatic rings. The lowest BCUT2D eigenvalue weighted by Crippen LogP contribution is -2.56. The maximum atomic E-state index is 6.69. The van der Waals surface area contributed by atoms with Crippen LogP contribution in [0.25, 0.3) is 0 Å². The van der Waals surface area contributed by atoms with Crippen LogP contribution in [0.4, 0.5) is 0 Å². The molecule has 4 saturated carbocycles. The molecule has 1 saturated heterocycles. The zero-order valence-electron chi connectivity index (χ0n) is 25.0. The molecule has 0 amide bonds. The summed E-state index contributed by atoms with van der Waals surface area (Å²) in [5.74, 6) is 6.16. The van der Waals surface area contributed by atoms with E-state index in [1.54, 1.807) is 0 Å². The van der Waals surface area contributed by atoms with E-state index in [0.717, 1.165) is 73.8 Å². The van der Waals surface area contributed by atoms with E-state index in [9.17, 15) is 0 Å². The van der Waals surface area contributed by atoms with Crippen LogP contribution in [0.1, 0.15) is 118 Å². The second-order valence-electron chi connectivity index (χ2n) is 15.4. The number of rotatable bonds is 8. The molecular weight excluding hydrogens is 442 g/mol. The molecule has 10 atom stereocenters. The van der Waals surface area contributed by atoms with Crippen LogP contribution in [0.3, 0.4) is 0 Å². The van der Waals surface area contributed by atoms with Crippen molar-refractivity contribution in [2.24, 2.45) is 52.3 Å². The molecule has 5 rings (SSSR count). The average Bonchev–Trinajstić information content (AvgIpc) is 3.38. The van der Waals surface area contributed by atoms with E-state index in [0.29, 0.717) is 16.9 Å². The summed E-state index contributed by atoms with van der Waals surface area (Å²) in [6, 6.07) is 0. The Hall–Kier alpha value is -0.120. The van der Waals surface area contributed by atoms with Crippen molar-refractivity contribution in [3.8, 4) is 0 Å². The number of ether oxygens (including phenoxy) is 2. The van der Waals surface area contributed by atoms with Crippen molar-refractivity contribution in [2.75, 3.05) is 27.2 Å². The Kier molecular flexibility index (Phi) is 7.97. The van der Waals surface area contributed by atoms with Crippen molar-refractivity contribution >= 4 is 0 Å². The van der Waals surface area contributed by atoms with Crippen LogP contribution in [0.2, 0.25) is 0 Å². The Morgan fingerprint density at radius 3 is 2.39 bits per heavy atom. The fraction of sp³-hybridized carbons (Fsp3) is 1.00. The zero-order valence-corrected chi connectivity index (χ0v) is 25.0. The van der Waals surface area contributed by atoms with Crippen LogP contribution in [-0.2, 0) is 9.47 Å². The van der Waals surface area contributed by atoms with Crippen molar-refractivity contribution in [3.05, 3.63) is 0 Å². The molecular formula is C33H59NO2. The lowest BCUT2D eigenvalue weighted by Gasteiger charge is -2.62. The SMILES string of the molecule is CC(C)CCC[C@@H](C)[C@H]1CC[C@H]2[C@@H]3CC[C@H]4CC5(CC[C@]4(C)[C@H]3CC[C@]12C)OCC(CCN(C)C)O5. The highest BCUT2D eigenvalue weighted by atomic mass is 16.7. The van der Waals surface area contributed by atoms with Gasteiger partial charge in [-0.3, -0.25) is 0 Å². The van der Waals surface area contributed by atoms with Crippen LogP contribution < -0.4 is 0 Å². The van der Waals surface area contributed by atoms with Crippen LogP contribution in [0, 0.1) is 52.3 Å². The van der Waals surface area contributed by atoms with E-state index in [1.807, 2.05) is 0 Å². The zero-order chi connectivity index (χ0) is 25.7. The van der Waals surface area contributed by atoms with Gasteiger partial charge in [0.05, 0.1) is 12.7 Å². The van der Waals surface area contributed by atoms with E-state index in [2.05, 4.69) is 53.6 Å². The third-order valence-corrected chi connectivity index (χ3v) is 12.7. The largest absolute Gasteiger partial charge is 0.347 e. The van der Waals surface area contributed by atoms with E-state index in [4.69, 9.17) is 9.47 Å². The maximum absolute atomic E-state index is 6.69. The molecule has 3 heteroatoms. The molecule has 1 aliphatic heterocycles. The molecule has 3 nitrogen and oxygen atoms in total. The van der Waals surface area contributed by atoms with Crippen LogP contribution in [0.15, 0.2) is 0 Å². The molecule has 0 aromatic heterocycles. The molecule has 1 heterocycles. The molecule has 2 unspecified atom stereocenters. The summed E-state index contributed by atoms with van der Waals surface area (Å²) in [4.78, 5) is 2.27. The number of nitrogens with zero attached hydrogens (tertiary/aromatic N) is 1. The average molecular weight is 502 g/mol. The first-order valence-corrected chi connectivity index (χ1v) is 16.0. The van der Waals surface area contributed by atoms with Gasteiger partial charge < -0.3 is 14.4 Å². The lowest BCUT2D eigenvalue weighted by molar-refractivity contribution is -0.236. The first-order valence-electron chi connectivity index (χ1n) is 16.0. The molecule has 36 heavy (non-hydrogen) atoms. The molecule has 0 N–H and O–H groups in total. The first-order chi connectivity index (χ1) is 17.1. The normalized spacial score (nSPS) is 47.2. The number of fused-ring (bicyclic) bond motifs is 5. The number of hydrogen-bond donors (Lipinski definition) is 0. The van der Waals surface area contributed by atoms with Gasteiger partial charge in [-0.1, -0.05) is 53.9 Å². The molecule has 208 valence electrons. The first kappa shape index (κ1) is 27.4. The summed E-state index contributed by atoms with van der Waals surface area (Å²) in [7, 11) is 4.32. The van der Waals surface area contributed by atoms with Gasteiger partial charge in [0.2, 0.25) is 0 Å². The summed E-state index contributed by atoms with van der Waals surface area (Å²) in [6.45, 7) is 14.7. The van der Waals surface area contributed by atoms with E-state index in [-0.39, 0.29) is 5.79 Å². The van der Waals surface area contributed by atoms with Gasteiger partial charge in [0.1, 0.15) is 0 Å². The fourth-order valence-electron chi connectivity index (χ4n) is 10.6. The van der Waals surface area contributed by atoms with Crippen LogP contribution in [-0.4, -0.2) is 44.0 Å². The summed E-state index contributed by atoms with van der Waals surface area (Å²) in [5.41, 5.74) is 1.11. The smallest absolute Gasteiger partial charge is 0.169 e. The van der Waals surface area contributed by atoms with E-state index >= 15 is 0 Å². The molecule has 0 bridgehead atoms. The van der Waals surface area contributed by atoms with Crippen LogP contribution in [0.5, 0.6) is 0 Å². The van der Waals surface area contributed by atoms with Crippen molar-refractivity contribution in [3.63, 3.8) is 0 Å². The minimum atomic E-state index is -0.263. The summed E-state index contributed by atoms with van der Waals surface area (Å²) < 4.78 is 13.2. The molecule has 0 radical (unpaired) electrons. The molecule has 0 aromatic carbocycles. The highest BCUT2D eigenvalue weighted by molar-refractivity contribution is 5.10. The molecule has 4 aliphatic carbocycles. The monoisotopic (exact) mass is 501 g/mol. The third kappa shape index (κ3) is 4.97. The summed E-state index contributed by atoms with van der Waals surface area (Å²) in [6.07, 6.45) is 18.2. The second-order valence-corrected chi connectivity index (χ2v) is 15.4. The van der Waals surface area contributed by atoms with E-state index < -0.39 is 0 Å². The molecule has 5 fully saturated rings. The Labute approximate surface area is 223 Å². The molecule has 5 aliphatic rings. The minimum Gasteiger partial charge on any atom is -0.347 e. The van der Waals surface area contributed by atoms with E-state index in [1.165, 1.54) is 64.2 Å². The molecule has 1 spiro atoms. The van der Waals surface area contributed by atoms with Gasteiger partial charge in [-0.05, 0) is 118 Å². The van der Waals surface area contributed by atoms with Crippen molar-refractivity contribution in [1.29, 1.82) is 0 Å². The van der Waals surface area contributed by atoms with Crippen molar-refractivity contribution < 1.29 is 9.47 Å². The Morgan fingerprint density at radius 1 is 0.861 bits per heavy atom. The van der Waals surface area contributed by atoms with Gasteiger partial charge in [0, 0.05) is 19.4 Å². The predicted molar refractivity (Wildman–Crippen MR) is 150 cm³/mol. The summed E-state index contributed by atoms with van der Waals surface area (Å²) in [5, 5.41) is 0. The maximum Gasteiger partial charge on any atom is 0.169 e. The summed E-state index contributed by atoms with van der Waals surface area (Å²) >= 11 is 0. The fourth-order valence-corrected chi connectivity index (χ4v) is 10.6. The second kappa shape index (κ2) is 10.5. The van der Waals surface area contributed by atoms with Crippen LogP contribution >= 0.6 is 0 Å². The Balaban J connectivity index is 1.22. The Bertz CT molecular complexity index is 752.